The smallest absolute Gasteiger partial charge is 0.137 e. The van der Waals surface area contributed by atoms with E-state index in [4.69, 9.17) is 17.3 Å². The van der Waals surface area contributed by atoms with Crippen LogP contribution in [0.4, 0.5) is 4.39 Å². The zero-order valence-electron chi connectivity index (χ0n) is 9.88. The Hall–Kier alpha value is -0.930. The van der Waals surface area contributed by atoms with E-state index in [1.54, 1.807) is 6.07 Å². The predicted molar refractivity (Wildman–Crippen MR) is 67.6 cm³/mol. The standard InChI is InChI=1S/C13H17ClFNO/c1-9(8-16)5-6-10(17)7-11-12(14)3-2-4-13(11)15/h2-4,9H,5-8,16H2,1H3. The summed E-state index contributed by atoms with van der Waals surface area (Å²) in [6, 6.07) is 4.44. The molecule has 1 aromatic rings. The van der Waals surface area contributed by atoms with Crippen molar-refractivity contribution in [2.24, 2.45) is 11.7 Å². The van der Waals surface area contributed by atoms with Crippen LogP contribution in [0.3, 0.4) is 0 Å². The van der Waals surface area contributed by atoms with Crippen molar-refractivity contribution in [3.8, 4) is 0 Å². The SMILES string of the molecule is CC(CN)CCC(=O)Cc1c(F)cccc1Cl. The maximum Gasteiger partial charge on any atom is 0.137 e. The monoisotopic (exact) mass is 257 g/mol. The third-order valence-electron chi connectivity index (χ3n) is 2.75. The molecule has 17 heavy (non-hydrogen) atoms. The number of benzene rings is 1. The summed E-state index contributed by atoms with van der Waals surface area (Å²) in [5.74, 6) is -0.106. The van der Waals surface area contributed by atoms with E-state index in [0.717, 1.165) is 6.42 Å². The lowest BCUT2D eigenvalue weighted by molar-refractivity contribution is -0.118. The van der Waals surface area contributed by atoms with Gasteiger partial charge in [-0.05, 0) is 31.0 Å². The number of nitrogens with two attached hydrogens (primary N) is 1. The summed E-state index contributed by atoms with van der Waals surface area (Å²) in [7, 11) is 0. The minimum atomic E-state index is -0.419. The second-order valence-electron chi connectivity index (χ2n) is 4.30. The van der Waals surface area contributed by atoms with E-state index in [0.29, 0.717) is 29.5 Å². The molecule has 0 bridgehead atoms. The number of Topliss-reactive ketones (excluding diaryl/α,β-unsaturated/α-hetero) is 1. The minimum absolute atomic E-state index is 0.00250. The van der Waals surface area contributed by atoms with Crippen LogP contribution < -0.4 is 5.73 Å². The molecule has 2 N–H and O–H groups in total. The maximum atomic E-state index is 13.4. The van der Waals surface area contributed by atoms with Crippen molar-refractivity contribution in [1.82, 2.24) is 0 Å². The Morgan fingerprint density at radius 1 is 1.53 bits per heavy atom. The highest BCUT2D eigenvalue weighted by molar-refractivity contribution is 6.31. The molecular formula is C13H17ClFNO. The van der Waals surface area contributed by atoms with Crippen molar-refractivity contribution in [2.75, 3.05) is 6.54 Å². The number of hydrogen-bond donors (Lipinski definition) is 1. The number of carbonyl (C=O) groups is 1. The van der Waals surface area contributed by atoms with Crippen molar-refractivity contribution >= 4 is 17.4 Å². The van der Waals surface area contributed by atoms with Crippen LogP contribution >= 0.6 is 11.6 Å². The molecule has 0 aliphatic carbocycles. The van der Waals surface area contributed by atoms with Gasteiger partial charge in [-0.3, -0.25) is 4.79 Å². The topological polar surface area (TPSA) is 43.1 Å². The van der Waals surface area contributed by atoms with Crippen molar-refractivity contribution in [1.29, 1.82) is 0 Å². The van der Waals surface area contributed by atoms with E-state index in [1.807, 2.05) is 6.92 Å². The highest BCUT2D eigenvalue weighted by atomic mass is 35.5. The van der Waals surface area contributed by atoms with Crippen molar-refractivity contribution < 1.29 is 9.18 Å². The van der Waals surface area contributed by atoms with Crippen LogP contribution in [0.2, 0.25) is 5.02 Å². The molecule has 0 saturated carbocycles. The summed E-state index contributed by atoms with van der Waals surface area (Å²) >= 11 is 5.85. The zero-order chi connectivity index (χ0) is 12.8. The average Bonchev–Trinajstić information content (AvgIpc) is 2.31. The van der Waals surface area contributed by atoms with Crippen LogP contribution in [0.25, 0.3) is 0 Å². The molecule has 0 aliphatic rings. The summed E-state index contributed by atoms with van der Waals surface area (Å²) in [5, 5.41) is 0.310. The van der Waals surface area contributed by atoms with Crippen LogP contribution in [0.5, 0.6) is 0 Å². The van der Waals surface area contributed by atoms with Gasteiger partial charge in [0.05, 0.1) is 0 Å². The molecule has 0 fully saturated rings. The van der Waals surface area contributed by atoms with Crippen molar-refractivity contribution in [3.63, 3.8) is 0 Å². The number of ketones is 1. The summed E-state index contributed by atoms with van der Waals surface area (Å²) in [5.41, 5.74) is 5.76. The largest absolute Gasteiger partial charge is 0.330 e. The van der Waals surface area contributed by atoms with Crippen LogP contribution in [0.15, 0.2) is 18.2 Å². The van der Waals surface area contributed by atoms with E-state index in [9.17, 15) is 9.18 Å². The van der Waals surface area contributed by atoms with E-state index < -0.39 is 5.82 Å². The highest BCUT2D eigenvalue weighted by Gasteiger charge is 2.12. The van der Waals surface area contributed by atoms with Crippen molar-refractivity contribution in [3.05, 3.63) is 34.6 Å². The van der Waals surface area contributed by atoms with Crippen molar-refractivity contribution in [2.45, 2.75) is 26.2 Å². The Morgan fingerprint density at radius 3 is 2.82 bits per heavy atom. The molecule has 0 spiro atoms. The van der Waals surface area contributed by atoms with Gasteiger partial charge in [0.2, 0.25) is 0 Å². The van der Waals surface area contributed by atoms with E-state index >= 15 is 0 Å². The number of halogens is 2. The minimum Gasteiger partial charge on any atom is -0.330 e. The van der Waals surface area contributed by atoms with Crippen LogP contribution in [0, 0.1) is 11.7 Å². The first-order valence-electron chi connectivity index (χ1n) is 5.69. The fourth-order valence-electron chi connectivity index (χ4n) is 1.51. The Labute approximate surface area is 106 Å². The fourth-order valence-corrected chi connectivity index (χ4v) is 1.74. The first-order valence-corrected chi connectivity index (χ1v) is 6.07. The van der Waals surface area contributed by atoms with E-state index in [2.05, 4.69) is 0 Å². The first-order chi connectivity index (χ1) is 8.04. The normalized spacial score (nSPS) is 12.5. The van der Waals surface area contributed by atoms with Gasteiger partial charge in [-0.1, -0.05) is 24.6 Å². The van der Waals surface area contributed by atoms with Gasteiger partial charge in [-0.2, -0.15) is 0 Å². The summed E-state index contributed by atoms with van der Waals surface area (Å²) < 4.78 is 13.4. The molecule has 94 valence electrons. The third-order valence-corrected chi connectivity index (χ3v) is 3.11. The van der Waals surface area contributed by atoms with Gasteiger partial charge in [0.25, 0.3) is 0 Å². The van der Waals surface area contributed by atoms with Gasteiger partial charge < -0.3 is 5.73 Å². The predicted octanol–water partition coefficient (Wildman–Crippen LogP) is 2.97. The third kappa shape index (κ3) is 4.44. The second-order valence-corrected chi connectivity index (χ2v) is 4.70. The lowest BCUT2D eigenvalue weighted by Crippen LogP contribution is -2.13. The van der Waals surface area contributed by atoms with Gasteiger partial charge in [0.15, 0.2) is 0 Å². The second kappa shape index (κ2) is 6.72. The summed E-state index contributed by atoms with van der Waals surface area (Å²) in [6.07, 6.45) is 1.22. The average molecular weight is 258 g/mol. The molecule has 0 aliphatic heterocycles. The van der Waals surface area contributed by atoms with Gasteiger partial charge >= 0.3 is 0 Å². The molecule has 0 aromatic heterocycles. The Bertz CT molecular complexity index is 375. The van der Waals surface area contributed by atoms with Gasteiger partial charge in [-0.15, -0.1) is 0 Å². The number of rotatable bonds is 6. The lowest BCUT2D eigenvalue weighted by atomic mass is 10.00. The zero-order valence-corrected chi connectivity index (χ0v) is 10.6. The Morgan fingerprint density at radius 2 is 2.24 bits per heavy atom. The molecule has 1 aromatic carbocycles. The molecule has 0 radical (unpaired) electrons. The molecule has 1 unspecified atom stereocenters. The maximum absolute atomic E-state index is 13.4. The summed E-state index contributed by atoms with van der Waals surface area (Å²) in [4.78, 5) is 11.7. The van der Waals surface area contributed by atoms with Gasteiger partial charge in [-0.25, -0.2) is 4.39 Å². The molecule has 4 heteroatoms. The molecule has 1 rings (SSSR count). The Balaban J connectivity index is 2.56. The molecule has 1 atom stereocenters. The molecule has 0 saturated heterocycles. The quantitative estimate of drug-likeness (QED) is 0.851. The van der Waals surface area contributed by atoms with Gasteiger partial charge in [0, 0.05) is 23.4 Å². The molecule has 2 nitrogen and oxygen atoms in total. The molecular weight excluding hydrogens is 241 g/mol. The highest BCUT2D eigenvalue weighted by Crippen LogP contribution is 2.20. The van der Waals surface area contributed by atoms with Crippen LogP contribution in [-0.2, 0) is 11.2 Å². The molecule has 0 heterocycles. The van der Waals surface area contributed by atoms with Crippen LogP contribution in [-0.4, -0.2) is 12.3 Å². The van der Waals surface area contributed by atoms with Gasteiger partial charge in [0.1, 0.15) is 11.6 Å². The fraction of sp³-hybridized carbons (Fsp3) is 0.462. The summed E-state index contributed by atoms with van der Waals surface area (Å²) in [6.45, 7) is 2.55. The first kappa shape index (κ1) is 14.1. The van der Waals surface area contributed by atoms with E-state index in [1.165, 1.54) is 12.1 Å². The lowest BCUT2D eigenvalue weighted by Gasteiger charge is -2.08. The Kier molecular flexibility index (Phi) is 5.59. The number of carbonyl (C=O) groups excluding carboxylic acids is 1. The number of hydrogen-bond acceptors (Lipinski definition) is 2. The van der Waals surface area contributed by atoms with E-state index in [-0.39, 0.29) is 12.2 Å². The van der Waals surface area contributed by atoms with Crippen LogP contribution in [0.1, 0.15) is 25.3 Å². The molecule has 0 amide bonds.